The number of anilines is 1. The topological polar surface area (TPSA) is 105 Å². The maximum absolute atomic E-state index is 12.7. The Morgan fingerprint density at radius 3 is 2.44 bits per heavy atom. The van der Waals surface area contributed by atoms with Crippen molar-refractivity contribution in [2.75, 3.05) is 18.4 Å². The molecule has 2 aliphatic rings. The van der Waals surface area contributed by atoms with Gasteiger partial charge in [0.1, 0.15) is 5.76 Å². The summed E-state index contributed by atoms with van der Waals surface area (Å²) in [5, 5.41) is 14.2. The van der Waals surface area contributed by atoms with E-state index in [1.54, 1.807) is 0 Å². The summed E-state index contributed by atoms with van der Waals surface area (Å²) < 4.78 is 43.0. The number of halogens is 3. The number of amides is 1. The Morgan fingerprint density at radius 1 is 1.22 bits per heavy atom. The molecule has 0 saturated carbocycles. The number of carboxylic acid groups (broad SMARTS) is 1. The first-order valence-electron chi connectivity index (χ1n) is 10.00. The van der Waals surface area contributed by atoms with Gasteiger partial charge in [-0.15, -0.1) is 0 Å². The van der Waals surface area contributed by atoms with Crippen molar-refractivity contribution < 1.29 is 37.1 Å². The van der Waals surface area contributed by atoms with Gasteiger partial charge in [0.2, 0.25) is 5.91 Å². The third kappa shape index (κ3) is 5.86. The fourth-order valence-electron chi connectivity index (χ4n) is 3.85. The SMILES string of the molecule is Cc1noc(C)c1CN1CC2CC(C(=O)Nc3ccccc3)C(C1)O2.O=C(O)C(F)(F)F. The van der Waals surface area contributed by atoms with Crippen molar-refractivity contribution >= 4 is 17.6 Å². The van der Waals surface area contributed by atoms with Crippen LogP contribution in [-0.4, -0.2) is 58.5 Å². The summed E-state index contributed by atoms with van der Waals surface area (Å²) in [6.45, 7) is 6.31. The minimum atomic E-state index is -5.08. The highest BCUT2D eigenvalue weighted by atomic mass is 19.4. The van der Waals surface area contributed by atoms with Crippen molar-refractivity contribution in [2.24, 2.45) is 5.92 Å². The van der Waals surface area contributed by atoms with E-state index in [-0.39, 0.29) is 24.0 Å². The van der Waals surface area contributed by atoms with Gasteiger partial charge in [-0.3, -0.25) is 9.69 Å². The number of aryl methyl sites for hydroxylation is 2. The molecule has 2 N–H and O–H groups in total. The van der Waals surface area contributed by atoms with Gasteiger partial charge in [-0.2, -0.15) is 13.2 Å². The first kappa shape index (κ1) is 23.7. The second-order valence-corrected chi connectivity index (χ2v) is 7.79. The van der Waals surface area contributed by atoms with Crippen molar-refractivity contribution in [3.63, 3.8) is 0 Å². The Kier molecular flexibility index (Phi) is 7.19. The fourth-order valence-corrected chi connectivity index (χ4v) is 3.85. The fraction of sp³-hybridized carbons (Fsp3) is 0.476. The molecule has 3 unspecified atom stereocenters. The molecule has 2 aliphatic heterocycles. The van der Waals surface area contributed by atoms with Gasteiger partial charge >= 0.3 is 12.1 Å². The summed E-state index contributed by atoms with van der Waals surface area (Å²) in [6, 6.07) is 9.59. The van der Waals surface area contributed by atoms with E-state index < -0.39 is 12.1 Å². The van der Waals surface area contributed by atoms with Gasteiger partial charge in [0.15, 0.2) is 0 Å². The van der Waals surface area contributed by atoms with Crippen molar-refractivity contribution in [3.05, 3.63) is 47.3 Å². The molecular weight excluding hydrogens is 431 g/mol. The van der Waals surface area contributed by atoms with Crippen LogP contribution >= 0.6 is 0 Å². The molecule has 8 nitrogen and oxygen atoms in total. The maximum Gasteiger partial charge on any atom is 0.490 e. The monoisotopic (exact) mass is 455 g/mol. The molecule has 2 fully saturated rings. The number of hydrogen-bond acceptors (Lipinski definition) is 6. The van der Waals surface area contributed by atoms with E-state index >= 15 is 0 Å². The van der Waals surface area contributed by atoms with Crippen molar-refractivity contribution in [3.8, 4) is 0 Å². The number of morpholine rings is 1. The number of hydrogen-bond donors (Lipinski definition) is 2. The van der Waals surface area contributed by atoms with Crippen LogP contribution in [0.2, 0.25) is 0 Å². The van der Waals surface area contributed by atoms with Gasteiger partial charge in [-0.05, 0) is 32.4 Å². The van der Waals surface area contributed by atoms with Crippen molar-refractivity contribution in [1.29, 1.82) is 0 Å². The third-order valence-electron chi connectivity index (χ3n) is 5.42. The smallest absolute Gasteiger partial charge is 0.475 e. The maximum atomic E-state index is 12.7. The van der Waals surface area contributed by atoms with Crippen LogP contribution in [0.1, 0.15) is 23.4 Å². The van der Waals surface area contributed by atoms with Crippen LogP contribution in [0.4, 0.5) is 18.9 Å². The lowest BCUT2D eigenvalue weighted by Gasteiger charge is -2.32. The molecule has 3 heterocycles. The molecule has 2 bridgehead atoms. The lowest BCUT2D eigenvalue weighted by atomic mass is 9.99. The number of rotatable bonds is 4. The average molecular weight is 455 g/mol. The highest BCUT2D eigenvalue weighted by Gasteiger charge is 2.44. The molecule has 11 heteroatoms. The number of alkyl halides is 3. The van der Waals surface area contributed by atoms with E-state index in [1.807, 2.05) is 44.2 Å². The van der Waals surface area contributed by atoms with Crippen LogP contribution in [0.25, 0.3) is 0 Å². The van der Waals surface area contributed by atoms with Gasteiger partial charge in [-0.1, -0.05) is 23.4 Å². The molecular formula is C21H24F3N3O5. The minimum Gasteiger partial charge on any atom is -0.475 e. The second kappa shape index (κ2) is 9.70. The average Bonchev–Trinajstić information content (AvgIpc) is 3.21. The molecule has 2 saturated heterocycles. The molecule has 0 aliphatic carbocycles. The molecule has 1 aromatic heterocycles. The number of benzene rings is 1. The summed E-state index contributed by atoms with van der Waals surface area (Å²) in [5.41, 5.74) is 2.92. The molecule has 4 rings (SSSR count). The highest BCUT2D eigenvalue weighted by molar-refractivity contribution is 5.93. The quantitative estimate of drug-likeness (QED) is 0.730. The summed E-state index contributed by atoms with van der Waals surface area (Å²) in [4.78, 5) is 23.9. The van der Waals surface area contributed by atoms with Crippen LogP contribution in [0, 0.1) is 19.8 Å². The van der Waals surface area contributed by atoms with Crippen LogP contribution in [-0.2, 0) is 20.9 Å². The molecule has 174 valence electrons. The zero-order valence-corrected chi connectivity index (χ0v) is 17.6. The Hall–Kier alpha value is -2.92. The molecule has 0 spiro atoms. The van der Waals surface area contributed by atoms with Gasteiger partial charge < -0.3 is 19.7 Å². The Labute approximate surface area is 182 Å². The number of para-hydroxylation sites is 1. The van der Waals surface area contributed by atoms with E-state index in [0.29, 0.717) is 0 Å². The molecule has 3 atom stereocenters. The summed E-state index contributed by atoms with van der Waals surface area (Å²) >= 11 is 0. The number of aromatic nitrogens is 1. The number of aliphatic carboxylic acids is 1. The van der Waals surface area contributed by atoms with E-state index in [4.69, 9.17) is 19.2 Å². The first-order chi connectivity index (χ1) is 15.0. The molecule has 1 aromatic carbocycles. The predicted molar refractivity (Wildman–Crippen MR) is 107 cm³/mol. The van der Waals surface area contributed by atoms with Crippen molar-refractivity contribution in [1.82, 2.24) is 10.1 Å². The normalized spacial score (nSPS) is 22.7. The Morgan fingerprint density at radius 2 is 1.88 bits per heavy atom. The van der Waals surface area contributed by atoms with E-state index in [0.717, 1.165) is 48.8 Å². The van der Waals surface area contributed by atoms with Gasteiger partial charge in [-0.25, -0.2) is 4.79 Å². The number of likely N-dealkylation sites (tertiary alicyclic amines) is 1. The number of carboxylic acids is 1. The number of carbonyl (C=O) groups excluding carboxylic acids is 1. The Bertz CT molecular complexity index is 928. The lowest BCUT2D eigenvalue weighted by Crippen LogP contribution is -2.44. The predicted octanol–water partition coefficient (Wildman–Crippen LogP) is 3.15. The Balaban J connectivity index is 0.000000360. The first-order valence-corrected chi connectivity index (χ1v) is 10.00. The summed E-state index contributed by atoms with van der Waals surface area (Å²) in [6.07, 6.45) is -4.24. The summed E-state index contributed by atoms with van der Waals surface area (Å²) in [7, 11) is 0. The molecule has 32 heavy (non-hydrogen) atoms. The van der Waals surface area contributed by atoms with Crippen molar-refractivity contribution in [2.45, 2.75) is 45.2 Å². The van der Waals surface area contributed by atoms with E-state index in [9.17, 15) is 18.0 Å². The van der Waals surface area contributed by atoms with Gasteiger partial charge in [0, 0.05) is 30.9 Å². The number of carbonyl (C=O) groups is 2. The third-order valence-corrected chi connectivity index (χ3v) is 5.42. The van der Waals surface area contributed by atoms with Gasteiger partial charge in [0.25, 0.3) is 0 Å². The number of nitrogens with one attached hydrogen (secondary N) is 1. The van der Waals surface area contributed by atoms with Gasteiger partial charge in [0.05, 0.1) is 23.8 Å². The summed E-state index contributed by atoms with van der Waals surface area (Å²) in [5.74, 6) is -1.93. The number of fused-ring (bicyclic) bond motifs is 2. The highest BCUT2D eigenvalue weighted by Crippen LogP contribution is 2.33. The van der Waals surface area contributed by atoms with Crippen LogP contribution in [0.5, 0.6) is 0 Å². The van der Waals surface area contributed by atoms with Crippen LogP contribution < -0.4 is 5.32 Å². The molecule has 0 radical (unpaired) electrons. The van der Waals surface area contributed by atoms with Crippen LogP contribution in [0.15, 0.2) is 34.9 Å². The largest absolute Gasteiger partial charge is 0.490 e. The second-order valence-electron chi connectivity index (χ2n) is 7.79. The minimum absolute atomic E-state index is 0.0528. The zero-order valence-electron chi connectivity index (χ0n) is 17.6. The van der Waals surface area contributed by atoms with Crippen LogP contribution in [0.3, 0.4) is 0 Å². The molecule has 2 aromatic rings. The lowest BCUT2D eigenvalue weighted by molar-refractivity contribution is -0.192. The molecule has 1 amide bonds. The number of ether oxygens (including phenoxy) is 1. The van der Waals surface area contributed by atoms with E-state index in [1.165, 1.54) is 0 Å². The number of nitrogens with zero attached hydrogens (tertiary/aromatic N) is 2. The van der Waals surface area contributed by atoms with E-state index in [2.05, 4.69) is 15.4 Å². The zero-order chi connectivity index (χ0) is 23.5. The standard InChI is InChI=1S/C19H23N3O3.C2HF3O2/c1-12-17(13(2)25-21-12)10-22-9-15-8-16(18(11-22)24-15)19(23)20-14-6-4-3-5-7-14;3-2(4,5)1(6)7/h3-7,15-16,18H,8-11H2,1-2H3,(H,20,23);(H,6,7).